The van der Waals surface area contributed by atoms with Gasteiger partial charge < -0.3 is 24.8 Å². The second kappa shape index (κ2) is 12.2. The number of rotatable bonds is 7. The van der Waals surface area contributed by atoms with Crippen LogP contribution < -0.4 is 20.7 Å². The number of hydrogen-bond donors (Lipinski definition) is 2. The highest BCUT2D eigenvalue weighted by Crippen LogP contribution is 2.51. The summed E-state index contributed by atoms with van der Waals surface area (Å²) in [6.45, 7) is 1.24. The largest absolute Gasteiger partial charge is 0.495 e. The molecule has 5 nitrogen and oxygen atoms in total. The van der Waals surface area contributed by atoms with E-state index in [4.69, 9.17) is 4.74 Å². The maximum atomic E-state index is 14.7. The van der Waals surface area contributed by atoms with Crippen molar-refractivity contribution < 1.29 is 26.9 Å². The summed E-state index contributed by atoms with van der Waals surface area (Å²) in [6, 6.07) is 10.3. The Hall–Kier alpha value is -2.73. The summed E-state index contributed by atoms with van der Waals surface area (Å²) < 4.78 is 74.8. The predicted octanol–water partition coefficient (Wildman–Crippen LogP) is 6.71. The van der Waals surface area contributed by atoms with Crippen LogP contribution in [0.3, 0.4) is 0 Å². The van der Waals surface area contributed by atoms with Crippen molar-refractivity contribution in [1.29, 1.82) is 0 Å². The summed E-state index contributed by atoms with van der Waals surface area (Å²) in [5.74, 6) is 6.47. The minimum Gasteiger partial charge on any atom is -0.495 e. The molecule has 2 saturated heterocycles. The van der Waals surface area contributed by atoms with Crippen LogP contribution in [0, 0.1) is 11.8 Å². The molecular weight excluding hydrogens is 573 g/mol. The number of alkyl halides is 4. The highest BCUT2D eigenvalue weighted by molar-refractivity contribution is 7.71. The molecule has 2 aliphatic heterocycles. The Balaban J connectivity index is 1.38. The molecule has 0 spiro atoms. The van der Waals surface area contributed by atoms with Crippen molar-refractivity contribution in [3.63, 3.8) is 0 Å². The Bertz CT molecular complexity index is 1500. The predicted molar refractivity (Wildman–Crippen MR) is 161 cm³/mol. The fourth-order valence-corrected chi connectivity index (χ4v) is 9.71. The van der Waals surface area contributed by atoms with Crippen molar-refractivity contribution >= 4 is 45.2 Å². The third kappa shape index (κ3) is 6.85. The average molecular weight is 608 g/mol. The smallest absolute Gasteiger partial charge is 0.393 e. The Morgan fingerprint density at radius 1 is 1.17 bits per heavy atom. The lowest BCUT2D eigenvalue weighted by Crippen LogP contribution is -2.46. The molecule has 220 valence electrons. The van der Waals surface area contributed by atoms with Gasteiger partial charge in [-0.3, -0.25) is 0 Å². The van der Waals surface area contributed by atoms with Gasteiger partial charge in [0.2, 0.25) is 0 Å². The molecule has 0 amide bonds. The number of nitrogens with one attached hydrogen (secondary N) is 2. The minimum atomic E-state index is -4.40. The average Bonchev–Trinajstić information content (AvgIpc) is 3.52. The summed E-state index contributed by atoms with van der Waals surface area (Å²) in [5.41, 5.74) is 1.44. The van der Waals surface area contributed by atoms with Crippen molar-refractivity contribution in [3.8, 4) is 17.6 Å². The molecule has 0 aliphatic carbocycles. The Labute approximate surface area is 242 Å². The number of ether oxygens (including phenoxy) is 1. The molecule has 5 rings (SSSR count). The van der Waals surface area contributed by atoms with Gasteiger partial charge in [0, 0.05) is 30.7 Å². The second-order valence-corrected chi connectivity index (χ2v) is 15.0. The number of hydrogen-bond acceptors (Lipinski definition) is 6. The van der Waals surface area contributed by atoms with Crippen LogP contribution in [0.2, 0.25) is 0 Å². The molecular formula is C30H34F4N3O2PS. The van der Waals surface area contributed by atoms with E-state index in [2.05, 4.69) is 22.5 Å². The fraction of sp³-hybridized carbons (Fsp3) is 0.467. The summed E-state index contributed by atoms with van der Waals surface area (Å²) >= 11 is 1.20. The molecule has 2 unspecified atom stereocenters. The Morgan fingerprint density at radius 2 is 1.95 bits per heavy atom. The van der Waals surface area contributed by atoms with Gasteiger partial charge in [-0.25, -0.2) is 4.39 Å². The molecule has 11 heteroatoms. The monoisotopic (exact) mass is 607 g/mol. The van der Waals surface area contributed by atoms with Crippen molar-refractivity contribution in [1.82, 2.24) is 4.90 Å². The zero-order valence-electron chi connectivity index (χ0n) is 23.1. The molecule has 2 atom stereocenters. The van der Waals surface area contributed by atoms with Gasteiger partial charge in [-0.2, -0.15) is 13.2 Å². The number of fused-ring (bicyclic) bond motifs is 1. The van der Waals surface area contributed by atoms with E-state index in [1.807, 2.05) is 30.1 Å². The third-order valence-electron chi connectivity index (χ3n) is 7.79. The highest BCUT2D eigenvalue weighted by atomic mass is 32.1. The van der Waals surface area contributed by atoms with Crippen LogP contribution in [0.1, 0.15) is 29.7 Å². The van der Waals surface area contributed by atoms with E-state index in [-0.39, 0.29) is 12.1 Å². The maximum absolute atomic E-state index is 14.7. The van der Waals surface area contributed by atoms with E-state index in [0.717, 1.165) is 24.7 Å². The first-order valence-corrected chi connectivity index (χ1v) is 16.7. The van der Waals surface area contributed by atoms with Gasteiger partial charge in [0.15, 0.2) is 0 Å². The fourth-order valence-electron chi connectivity index (χ4n) is 5.63. The molecule has 2 aliphatic rings. The second-order valence-electron chi connectivity index (χ2n) is 10.8. The summed E-state index contributed by atoms with van der Waals surface area (Å²) in [7, 11) is 1.05. The molecule has 0 radical (unpaired) electrons. The van der Waals surface area contributed by atoms with E-state index >= 15 is 0 Å². The Morgan fingerprint density at radius 3 is 2.66 bits per heavy atom. The third-order valence-corrected chi connectivity index (χ3v) is 12.3. The normalized spacial score (nSPS) is 20.9. The van der Waals surface area contributed by atoms with Gasteiger partial charge in [-0.15, -0.1) is 11.3 Å². The number of halogens is 4. The molecule has 3 aromatic rings. The molecule has 0 bridgehead atoms. The summed E-state index contributed by atoms with van der Waals surface area (Å²) in [4.78, 5) is 2.27. The quantitative estimate of drug-likeness (QED) is 0.178. The van der Waals surface area contributed by atoms with Crippen LogP contribution in [0.15, 0.2) is 36.4 Å². The van der Waals surface area contributed by atoms with Crippen LogP contribution >= 0.6 is 18.5 Å². The van der Waals surface area contributed by atoms with Crippen molar-refractivity contribution in [2.45, 2.75) is 44.1 Å². The SMILES string of the molecule is COc1cc(P2(=O)CCCC2)ccc1NCC#Cc1sc2c(NC3CCN(C)CC3F)cccc2c1CC(F)(F)F. The van der Waals surface area contributed by atoms with E-state index in [9.17, 15) is 22.1 Å². The van der Waals surface area contributed by atoms with Crippen LogP contribution in [0.25, 0.3) is 10.1 Å². The molecule has 2 aromatic carbocycles. The first-order chi connectivity index (χ1) is 19.6. The van der Waals surface area contributed by atoms with Gasteiger partial charge in [0.1, 0.15) is 19.1 Å². The molecule has 41 heavy (non-hydrogen) atoms. The van der Waals surface area contributed by atoms with Crippen LogP contribution in [0.4, 0.5) is 28.9 Å². The topological polar surface area (TPSA) is 53.6 Å². The van der Waals surface area contributed by atoms with E-state index < -0.39 is 32.0 Å². The van der Waals surface area contributed by atoms with Gasteiger partial charge in [-0.05, 0) is 61.5 Å². The lowest BCUT2D eigenvalue weighted by atomic mass is 10.0. The lowest BCUT2D eigenvalue weighted by Gasteiger charge is -2.33. The van der Waals surface area contributed by atoms with E-state index in [1.54, 1.807) is 25.3 Å². The molecule has 0 saturated carbocycles. The molecule has 2 N–H and O–H groups in total. The van der Waals surface area contributed by atoms with Crippen LogP contribution in [-0.4, -0.2) is 69.4 Å². The number of thiophene rings is 1. The van der Waals surface area contributed by atoms with Crippen molar-refractivity contribution in [2.75, 3.05) is 56.7 Å². The number of methoxy groups -OCH3 is 1. The number of benzene rings is 2. The molecule has 3 heterocycles. The number of piperidine rings is 1. The van der Waals surface area contributed by atoms with E-state index in [0.29, 0.717) is 57.4 Å². The highest BCUT2D eigenvalue weighted by Gasteiger charge is 2.32. The minimum absolute atomic E-state index is 0.136. The van der Waals surface area contributed by atoms with Gasteiger partial charge >= 0.3 is 6.18 Å². The zero-order valence-corrected chi connectivity index (χ0v) is 24.8. The Kier molecular flexibility index (Phi) is 8.89. The first-order valence-electron chi connectivity index (χ1n) is 13.8. The van der Waals surface area contributed by atoms with Crippen LogP contribution in [-0.2, 0) is 11.0 Å². The molecule has 1 aromatic heterocycles. The van der Waals surface area contributed by atoms with E-state index in [1.165, 1.54) is 11.3 Å². The van der Waals surface area contributed by atoms with Gasteiger partial charge in [0.05, 0.1) is 47.1 Å². The van der Waals surface area contributed by atoms with Gasteiger partial charge in [-0.1, -0.05) is 24.0 Å². The van der Waals surface area contributed by atoms with Crippen LogP contribution in [0.5, 0.6) is 5.75 Å². The van der Waals surface area contributed by atoms with Gasteiger partial charge in [0.25, 0.3) is 0 Å². The van der Waals surface area contributed by atoms with Crippen molar-refractivity contribution in [2.24, 2.45) is 0 Å². The summed E-state index contributed by atoms with van der Waals surface area (Å²) in [5, 5.41) is 7.73. The molecule has 2 fully saturated rings. The number of nitrogens with zero attached hydrogens (tertiary/aromatic N) is 1. The summed E-state index contributed by atoms with van der Waals surface area (Å²) in [6.07, 6.45) is -2.60. The zero-order chi connectivity index (χ0) is 29.2. The van der Waals surface area contributed by atoms with Crippen molar-refractivity contribution in [3.05, 3.63) is 46.8 Å². The number of anilines is 2. The lowest BCUT2D eigenvalue weighted by molar-refractivity contribution is -0.126. The maximum Gasteiger partial charge on any atom is 0.393 e. The number of likely N-dealkylation sites (tertiary alicyclic amines) is 1. The first kappa shape index (κ1) is 29.8. The standard InChI is InChI=1S/C30H34F4N3O2PS/c1-37-14-12-24(23(31)19-37)36-26-8-5-7-21-22(18-30(32,33)34)28(41-29(21)26)9-6-13-35-25-11-10-20(17-27(25)39-2)40(38)15-3-4-16-40/h5,7-8,10-11,17,23-24,35-36H,3-4,12-16,18-19H2,1-2H3.